The fourth-order valence-corrected chi connectivity index (χ4v) is 4.28. The number of benzene rings is 1. The van der Waals surface area contributed by atoms with E-state index in [1.165, 1.54) is 7.11 Å². The molecule has 3 rings (SSSR count). The molecule has 4 N–H and O–H groups in total. The van der Waals surface area contributed by atoms with Crippen molar-refractivity contribution in [2.75, 3.05) is 20.3 Å². The molecule has 1 aromatic carbocycles. The van der Waals surface area contributed by atoms with E-state index in [1.54, 1.807) is 18.2 Å². The standard InChI is InChI=1S/C25H32N4O7/c1-14(2)9-19(29-25(34)20-11-16-17(27-20)5-4-6-22(16)35-3)24(33)28-18(21(31)12-36-13-30)10-15-7-8-26-23(15)32/h4-6,11,13-15,18-19,27H,7-10,12H2,1-3H3,(H,26,32)(H,28,33)(H,29,34)/t15-,18-,19-/m0/s1. The zero-order valence-corrected chi connectivity index (χ0v) is 20.6. The highest BCUT2D eigenvalue weighted by atomic mass is 16.5. The van der Waals surface area contributed by atoms with Gasteiger partial charge in [0, 0.05) is 23.4 Å². The van der Waals surface area contributed by atoms with Gasteiger partial charge in [-0.1, -0.05) is 19.9 Å². The van der Waals surface area contributed by atoms with Crippen molar-refractivity contribution in [1.29, 1.82) is 0 Å². The van der Waals surface area contributed by atoms with Gasteiger partial charge in [0.2, 0.25) is 11.8 Å². The Labute approximate surface area is 208 Å². The lowest BCUT2D eigenvalue weighted by atomic mass is 9.95. The van der Waals surface area contributed by atoms with Crippen molar-refractivity contribution >= 4 is 40.9 Å². The van der Waals surface area contributed by atoms with Crippen LogP contribution in [0.25, 0.3) is 10.9 Å². The Hall–Kier alpha value is -3.89. The summed E-state index contributed by atoms with van der Waals surface area (Å²) < 4.78 is 9.92. The predicted octanol–water partition coefficient (Wildman–Crippen LogP) is 1.07. The minimum absolute atomic E-state index is 0.0528. The minimum Gasteiger partial charge on any atom is -0.496 e. The fourth-order valence-electron chi connectivity index (χ4n) is 4.28. The first kappa shape index (κ1) is 26.7. The summed E-state index contributed by atoms with van der Waals surface area (Å²) in [5.74, 6) is -1.57. The molecule has 0 bridgehead atoms. The molecule has 0 saturated carbocycles. The van der Waals surface area contributed by atoms with E-state index in [1.807, 2.05) is 19.9 Å². The molecule has 11 nitrogen and oxygen atoms in total. The summed E-state index contributed by atoms with van der Waals surface area (Å²) in [6, 6.07) is 5.05. The molecule has 1 aliphatic rings. The second-order valence-electron chi connectivity index (χ2n) is 9.21. The van der Waals surface area contributed by atoms with E-state index in [0.29, 0.717) is 30.7 Å². The van der Waals surface area contributed by atoms with E-state index in [4.69, 9.17) is 4.74 Å². The molecule has 36 heavy (non-hydrogen) atoms. The van der Waals surface area contributed by atoms with Crippen LogP contribution in [0.2, 0.25) is 0 Å². The number of rotatable bonds is 13. The monoisotopic (exact) mass is 500 g/mol. The van der Waals surface area contributed by atoms with E-state index in [9.17, 15) is 24.0 Å². The number of carbonyl (C=O) groups excluding carboxylic acids is 5. The Kier molecular flexibility index (Phi) is 9.04. The van der Waals surface area contributed by atoms with Crippen molar-refractivity contribution < 1.29 is 33.4 Å². The summed E-state index contributed by atoms with van der Waals surface area (Å²) in [7, 11) is 1.54. The van der Waals surface area contributed by atoms with Crippen LogP contribution in [-0.4, -0.2) is 67.3 Å². The van der Waals surface area contributed by atoms with Gasteiger partial charge in [-0.3, -0.25) is 24.0 Å². The number of ether oxygens (including phenoxy) is 2. The number of methoxy groups -OCH3 is 1. The number of ketones is 1. The van der Waals surface area contributed by atoms with Crippen LogP contribution in [0.5, 0.6) is 5.75 Å². The molecular weight excluding hydrogens is 468 g/mol. The molecule has 0 aliphatic carbocycles. The molecule has 0 radical (unpaired) electrons. The SMILES string of the molecule is COc1cccc2[nH]c(C(=O)N[C@@H](CC(C)C)C(=O)N[C@@H](C[C@@H]3CCNC3=O)C(=O)COC=O)cc12. The lowest BCUT2D eigenvalue weighted by Crippen LogP contribution is -2.53. The Morgan fingerprint density at radius 3 is 2.61 bits per heavy atom. The number of amides is 3. The Balaban J connectivity index is 1.76. The highest BCUT2D eigenvalue weighted by molar-refractivity contribution is 6.02. The summed E-state index contributed by atoms with van der Waals surface area (Å²) >= 11 is 0. The smallest absolute Gasteiger partial charge is 0.293 e. The van der Waals surface area contributed by atoms with Gasteiger partial charge in [-0.15, -0.1) is 0 Å². The maximum absolute atomic E-state index is 13.2. The lowest BCUT2D eigenvalue weighted by molar-refractivity contribution is -0.139. The molecule has 194 valence electrons. The van der Waals surface area contributed by atoms with Crippen molar-refractivity contribution in [2.24, 2.45) is 11.8 Å². The Bertz CT molecular complexity index is 1130. The summed E-state index contributed by atoms with van der Waals surface area (Å²) in [5, 5.41) is 8.85. The average molecular weight is 501 g/mol. The van der Waals surface area contributed by atoms with Crippen molar-refractivity contribution in [2.45, 2.75) is 45.2 Å². The lowest BCUT2D eigenvalue weighted by Gasteiger charge is -2.24. The quantitative estimate of drug-likeness (QED) is 0.300. The number of hydrogen-bond donors (Lipinski definition) is 4. The van der Waals surface area contributed by atoms with Crippen LogP contribution in [0.1, 0.15) is 43.6 Å². The van der Waals surface area contributed by atoms with Crippen LogP contribution < -0.4 is 20.7 Å². The zero-order valence-electron chi connectivity index (χ0n) is 20.6. The molecule has 0 spiro atoms. The second-order valence-corrected chi connectivity index (χ2v) is 9.21. The third kappa shape index (κ3) is 6.61. The number of nitrogens with one attached hydrogen (secondary N) is 4. The van der Waals surface area contributed by atoms with Crippen LogP contribution in [0, 0.1) is 11.8 Å². The third-order valence-corrected chi connectivity index (χ3v) is 6.10. The van der Waals surface area contributed by atoms with Crippen molar-refractivity contribution in [1.82, 2.24) is 20.9 Å². The van der Waals surface area contributed by atoms with E-state index in [0.717, 1.165) is 5.39 Å². The maximum Gasteiger partial charge on any atom is 0.293 e. The van der Waals surface area contributed by atoms with E-state index in [2.05, 4.69) is 25.7 Å². The van der Waals surface area contributed by atoms with Gasteiger partial charge in [0.05, 0.1) is 13.2 Å². The number of carbonyl (C=O) groups is 5. The number of aromatic nitrogens is 1. The average Bonchev–Trinajstić information content (AvgIpc) is 3.47. The molecule has 11 heteroatoms. The Morgan fingerprint density at radius 1 is 1.19 bits per heavy atom. The van der Waals surface area contributed by atoms with Gasteiger partial charge in [0.25, 0.3) is 12.4 Å². The van der Waals surface area contributed by atoms with E-state index >= 15 is 0 Å². The zero-order chi connectivity index (χ0) is 26.2. The summed E-state index contributed by atoms with van der Waals surface area (Å²) in [5.41, 5.74) is 0.964. The van der Waals surface area contributed by atoms with Gasteiger partial charge in [-0.2, -0.15) is 0 Å². The van der Waals surface area contributed by atoms with E-state index in [-0.39, 0.29) is 30.4 Å². The normalized spacial score (nSPS) is 16.8. The number of Topliss-reactive ketones (excluding diaryl/α,β-unsaturated/α-hetero) is 1. The fraction of sp³-hybridized carbons (Fsp3) is 0.480. The molecule has 3 atom stereocenters. The first-order valence-electron chi connectivity index (χ1n) is 11.9. The number of H-pyrrole nitrogens is 1. The molecule has 2 aromatic rings. The molecule has 1 saturated heterocycles. The first-order valence-corrected chi connectivity index (χ1v) is 11.9. The number of hydrogen-bond acceptors (Lipinski definition) is 7. The van der Waals surface area contributed by atoms with Gasteiger partial charge in [-0.25, -0.2) is 0 Å². The summed E-state index contributed by atoms with van der Waals surface area (Å²) in [4.78, 5) is 64.6. The third-order valence-electron chi connectivity index (χ3n) is 6.10. The number of fused-ring (bicyclic) bond motifs is 1. The highest BCUT2D eigenvalue weighted by Crippen LogP contribution is 2.26. The van der Waals surface area contributed by atoms with Crippen molar-refractivity contribution in [3.8, 4) is 5.75 Å². The minimum atomic E-state index is -1.05. The van der Waals surface area contributed by atoms with E-state index < -0.39 is 42.2 Å². The summed E-state index contributed by atoms with van der Waals surface area (Å²) in [6.07, 6.45) is 0.919. The molecular formula is C25H32N4O7. The van der Waals surface area contributed by atoms with Crippen LogP contribution in [-0.2, 0) is 23.9 Å². The van der Waals surface area contributed by atoms with Crippen molar-refractivity contribution in [3.05, 3.63) is 30.0 Å². The van der Waals surface area contributed by atoms with Gasteiger partial charge >= 0.3 is 0 Å². The van der Waals surface area contributed by atoms with Crippen LogP contribution in [0.3, 0.4) is 0 Å². The molecule has 3 amide bonds. The van der Waals surface area contributed by atoms with Crippen molar-refractivity contribution in [3.63, 3.8) is 0 Å². The van der Waals surface area contributed by atoms with Gasteiger partial charge in [-0.05, 0) is 43.4 Å². The summed E-state index contributed by atoms with van der Waals surface area (Å²) in [6.45, 7) is 3.93. The van der Waals surface area contributed by atoms with Crippen LogP contribution >= 0.6 is 0 Å². The van der Waals surface area contributed by atoms with Crippen LogP contribution in [0.4, 0.5) is 0 Å². The molecule has 0 unspecified atom stereocenters. The predicted molar refractivity (Wildman–Crippen MR) is 130 cm³/mol. The van der Waals surface area contributed by atoms with Gasteiger partial charge in [0.15, 0.2) is 12.4 Å². The molecule has 1 aromatic heterocycles. The largest absolute Gasteiger partial charge is 0.496 e. The molecule has 2 heterocycles. The highest BCUT2D eigenvalue weighted by Gasteiger charge is 2.33. The second kappa shape index (κ2) is 12.2. The van der Waals surface area contributed by atoms with Gasteiger partial charge < -0.3 is 30.4 Å². The first-order chi connectivity index (χ1) is 17.2. The molecule has 1 fully saturated rings. The number of aromatic amines is 1. The van der Waals surface area contributed by atoms with Gasteiger partial charge in [0.1, 0.15) is 17.5 Å². The van der Waals surface area contributed by atoms with Crippen LogP contribution in [0.15, 0.2) is 24.3 Å². The molecule has 1 aliphatic heterocycles. The topological polar surface area (TPSA) is 156 Å². The Morgan fingerprint density at radius 2 is 1.97 bits per heavy atom. The maximum atomic E-state index is 13.2.